The van der Waals surface area contributed by atoms with Gasteiger partial charge in [-0.25, -0.2) is 0 Å². The Labute approximate surface area is 57.7 Å². The van der Waals surface area contributed by atoms with Crippen molar-refractivity contribution in [2.75, 3.05) is 0 Å². The Morgan fingerprint density at radius 3 is 2.00 bits per heavy atom. The molecule has 0 saturated heterocycles. The maximum absolute atomic E-state index is 8.79. The van der Waals surface area contributed by atoms with Crippen molar-refractivity contribution in [1.29, 1.82) is 0 Å². The molecule has 9 heavy (non-hydrogen) atoms. The van der Waals surface area contributed by atoms with Crippen LogP contribution in [0.2, 0.25) is 19.6 Å². The number of aliphatic hydroxyl groups excluding tert-OH is 1. The first-order valence-corrected chi connectivity index (χ1v) is 6.60. The van der Waals surface area contributed by atoms with E-state index in [4.69, 9.17) is 5.11 Å². The molecular weight excluding hydrogens is 130 g/mol. The van der Waals surface area contributed by atoms with Crippen LogP contribution in [0.1, 0.15) is 6.92 Å². The largest absolute Gasteiger partial charge is 0.388 e. The third kappa shape index (κ3) is 7.85. The molecule has 0 aromatic rings. The zero-order chi connectivity index (χ0) is 7.49. The second-order valence-corrected chi connectivity index (χ2v) is 7.79. The Hall–Kier alpha value is -0.153. The number of rotatable bonds is 2. The van der Waals surface area contributed by atoms with E-state index in [1.807, 2.05) is 0 Å². The second kappa shape index (κ2) is 3.13. The topological polar surface area (TPSA) is 32.6 Å². The minimum Gasteiger partial charge on any atom is -0.388 e. The van der Waals surface area contributed by atoms with Crippen molar-refractivity contribution in [3.05, 3.63) is 0 Å². The lowest BCUT2D eigenvalue weighted by Crippen LogP contribution is -2.18. The molecule has 54 valence electrons. The van der Waals surface area contributed by atoms with Gasteiger partial charge in [-0.3, -0.25) is 0 Å². The van der Waals surface area contributed by atoms with E-state index in [0.29, 0.717) is 0 Å². The van der Waals surface area contributed by atoms with Crippen LogP contribution in [-0.4, -0.2) is 25.7 Å². The summed E-state index contributed by atoms with van der Waals surface area (Å²) in [5.74, 6) is 0. The Morgan fingerprint density at radius 2 is 1.89 bits per heavy atom. The third-order valence-electron chi connectivity index (χ3n) is 0.678. The molecule has 0 fully saturated rings. The highest BCUT2D eigenvalue weighted by atomic mass is 28.3. The molecule has 3 heteroatoms. The van der Waals surface area contributed by atoms with Crippen molar-refractivity contribution in [2.24, 2.45) is 4.66 Å². The van der Waals surface area contributed by atoms with Crippen molar-refractivity contribution >= 4 is 14.5 Å². The van der Waals surface area contributed by atoms with Crippen LogP contribution >= 0.6 is 0 Å². The normalized spacial score (nSPS) is 16.6. The summed E-state index contributed by atoms with van der Waals surface area (Å²) < 4.78 is 4.22. The zero-order valence-corrected chi connectivity index (χ0v) is 7.55. The van der Waals surface area contributed by atoms with Gasteiger partial charge in [0, 0.05) is 6.21 Å². The van der Waals surface area contributed by atoms with Crippen LogP contribution in [0.25, 0.3) is 0 Å². The van der Waals surface area contributed by atoms with Gasteiger partial charge in [-0.15, -0.1) is 0 Å². The first-order valence-electron chi connectivity index (χ1n) is 3.15. The van der Waals surface area contributed by atoms with Gasteiger partial charge in [0.15, 0.2) is 8.24 Å². The van der Waals surface area contributed by atoms with Gasteiger partial charge in [0.2, 0.25) is 0 Å². The number of hydrogen-bond donors (Lipinski definition) is 1. The highest BCUT2D eigenvalue weighted by molar-refractivity contribution is 6.75. The molecule has 0 spiro atoms. The van der Waals surface area contributed by atoms with Crippen molar-refractivity contribution in [2.45, 2.75) is 32.7 Å². The molecule has 0 bridgehead atoms. The highest BCUT2D eigenvalue weighted by Crippen LogP contribution is 2.00. The van der Waals surface area contributed by atoms with E-state index in [1.165, 1.54) is 0 Å². The van der Waals surface area contributed by atoms with E-state index in [0.717, 1.165) is 0 Å². The van der Waals surface area contributed by atoms with Crippen LogP contribution in [0.3, 0.4) is 0 Å². The lowest BCUT2D eigenvalue weighted by atomic mass is 10.5. The summed E-state index contributed by atoms with van der Waals surface area (Å²) in [5.41, 5.74) is 0. The van der Waals surface area contributed by atoms with Gasteiger partial charge in [-0.2, -0.15) is 0 Å². The zero-order valence-electron chi connectivity index (χ0n) is 6.55. The van der Waals surface area contributed by atoms with Crippen LogP contribution in [0.4, 0.5) is 0 Å². The monoisotopic (exact) mass is 145 g/mol. The summed E-state index contributed by atoms with van der Waals surface area (Å²) in [6.45, 7) is 8.10. The fourth-order valence-electron chi connectivity index (χ4n) is 0.331. The SMILES string of the molecule is CC(O)C=N[Si](C)(C)C. The minimum absolute atomic E-state index is 0.392. The molecule has 0 amide bonds. The van der Waals surface area contributed by atoms with Crippen molar-refractivity contribution in [3.8, 4) is 0 Å². The molecule has 0 aromatic heterocycles. The Bertz CT molecular complexity index is 104. The lowest BCUT2D eigenvalue weighted by Gasteiger charge is -2.07. The first-order chi connectivity index (χ1) is 3.92. The molecule has 2 nitrogen and oxygen atoms in total. The van der Waals surface area contributed by atoms with Crippen molar-refractivity contribution < 1.29 is 5.11 Å². The van der Waals surface area contributed by atoms with Gasteiger partial charge in [0.1, 0.15) is 0 Å². The summed E-state index contributed by atoms with van der Waals surface area (Å²) in [7, 11) is -1.31. The number of nitrogens with zero attached hydrogens (tertiary/aromatic N) is 1. The Kier molecular flexibility index (Phi) is 3.07. The molecule has 0 saturated carbocycles. The first kappa shape index (κ1) is 8.85. The van der Waals surface area contributed by atoms with E-state index < -0.39 is 14.3 Å². The lowest BCUT2D eigenvalue weighted by molar-refractivity contribution is 0.267. The van der Waals surface area contributed by atoms with Gasteiger partial charge in [-0.05, 0) is 26.6 Å². The molecule has 0 radical (unpaired) electrons. The van der Waals surface area contributed by atoms with E-state index in [1.54, 1.807) is 13.1 Å². The van der Waals surface area contributed by atoms with E-state index >= 15 is 0 Å². The van der Waals surface area contributed by atoms with Crippen LogP contribution in [0, 0.1) is 0 Å². The average molecular weight is 145 g/mol. The second-order valence-electron chi connectivity index (χ2n) is 3.19. The Morgan fingerprint density at radius 1 is 1.44 bits per heavy atom. The van der Waals surface area contributed by atoms with Gasteiger partial charge in [0.05, 0.1) is 6.10 Å². The fourth-order valence-corrected chi connectivity index (χ4v) is 0.994. The molecular formula is C6H15NOSi. The fraction of sp³-hybridized carbons (Fsp3) is 0.833. The Balaban J connectivity index is 3.71. The van der Waals surface area contributed by atoms with Gasteiger partial charge >= 0.3 is 0 Å². The smallest absolute Gasteiger partial charge is 0.171 e. The molecule has 0 aromatic carbocycles. The van der Waals surface area contributed by atoms with Crippen LogP contribution in [0.5, 0.6) is 0 Å². The molecule has 1 N–H and O–H groups in total. The number of hydrogen-bond acceptors (Lipinski definition) is 2. The standard InChI is InChI=1S/C6H15NOSi/c1-6(8)5-7-9(2,3)4/h5-6,8H,1-4H3. The number of aliphatic hydroxyl groups is 1. The summed E-state index contributed by atoms with van der Waals surface area (Å²) in [6, 6.07) is 0. The van der Waals surface area contributed by atoms with Crippen molar-refractivity contribution in [3.63, 3.8) is 0 Å². The quantitative estimate of drug-likeness (QED) is 0.460. The predicted octanol–water partition coefficient (Wildman–Crippen LogP) is 1.27. The third-order valence-corrected chi connectivity index (χ3v) is 1.60. The molecule has 0 rings (SSSR count). The maximum atomic E-state index is 8.79. The van der Waals surface area contributed by atoms with Gasteiger partial charge < -0.3 is 9.76 Å². The molecule has 1 atom stereocenters. The molecule has 0 heterocycles. The van der Waals surface area contributed by atoms with Crippen LogP contribution < -0.4 is 0 Å². The molecule has 0 aliphatic carbocycles. The van der Waals surface area contributed by atoms with Crippen LogP contribution in [-0.2, 0) is 0 Å². The van der Waals surface area contributed by atoms with Crippen LogP contribution in [0.15, 0.2) is 4.66 Å². The summed E-state index contributed by atoms with van der Waals surface area (Å²) >= 11 is 0. The summed E-state index contributed by atoms with van der Waals surface area (Å²) in [4.78, 5) is 0. The van der Waals surface area contributed by atoms with E-state index in [2.05, 4.69) is 24.3 Å². The molecule has 1 unspecified atom stereocenters. The van der Waals surface area contributed by atoms with Crippen molar-refractivity contribution in [1.82, 2.24) is 0 Å². The molecule has 0 aliphatic heterocycles. The van der Waals surface area contributed by atoms with E-state index in [9.17, 15) is 0 Å². The average Bonchev–Trinajstić information content (AvgIpc) is 1.59. The van der Waals surface area contributed by atoms with Gasteiger partial charge in [0.25, 0.3) is 0 Å². The maximum Gasteiger partial charge on any atom is 0.171 e. The van der Waals surface area contributed by atoms with Gasteiger partial charge in [-0.1, -0.05) is 0 Å². The highest BCUT2D eigenvalue weighted by Gasteiger charge is 2.09. The summed E-state index contributed by atoms with van der Waals surface area (Å²) in [5, 5.41) is 8.79. The van der Waals surface area contributed by atoms with E-state index in [-0.39, 0.29) is 0 Å². The summed E-state index contributed by atoms with van der Waals surface area (Å²) in [6.07, 6.45) is 1.23. The minimum atomic E-state index is -1.31. The predicted molar refractivity (Wildman–Crippen MR) is 43.5 cm³/mol. The molecule has 0 aliphatic rings.